The molecule has 0 unspecified atom stereocenters. The molecule has 2 aromatic carbocycles. The minimum Gasteiger partial charge on any atom is -0.342 e. The number of nitrogens with one attached hydrogen (secondary N) is 2. The highest BCUT2D eigenvalue weighted by Gasteiger charge is 2.20. The Bertz CT molecular complexity index is 1110. The molecular weight excluding hydrogens is 446 g/mol. The summed E-state index contributed by atoms with van der Waals surface area (Å²) in [4.78, 5) is 24.9. The van der Waals surface area contributed by atoms with Crippen LogP contribution in [0, 0.1) is 6.92 Å². The molecular formula is C23H24ClN5O2S. The van der Waals surface area contributed by atoms with Gasteiger partial charge >= 0.3 is 0 Å². The summed E-state index contributed by atoms with van der Waals surface area (Å²) in [6.45, 7) is 8.04. The van der Waals surface area contributed by atoms with Crippen molar-refractivity contribution in [3.63, 3.8) is 0 Å². The average molecular weight is 470 g/mol. The number of allylic oxidation sites excluding steroid dienone is 1. The number of thioether (sulfide) groups is 1. The van der Waals surface area contributed by atoms with E-state index in [0.29, 0.717) is 28.1 Å². The minimum absolute atomic E-state index is 0.139. The van der Waals surface area contributed by atoms with Crippen molar-refractivity contribution < 1.29 is 9.59 Å². The summed E-state index contributed by atoms with van der Waals surface area (Å²) in [5.74, 6) is 0.372. The largest absolute Gasteiger partial charge is 0.342 e. The highest BCUT2D eigenvalue weighted by Crippen LogP contribution is 2.22. The van der Waals surface area contributed by atoms with Crippen LogP contribution in [0.5, 0.6) is 0 Å². The van der Waals surface area contributed by atoms with Gasteiger partial charge in [0.15, 0.2) is 11.0 Å². The maximum Gasteiger partial charge on any atom is 0.251 e. The monoisotopic (exact) mass is 469 g/mol. The van der Waals surface area contributed by atoms with Crippen LogP contribution in [0.1, 0.15) is 34.7 Å². The third kappa shape index (κ3) is 6.21. The van der Waals surface area contributed by atoms with E-state index in [4.69, 9.17) is 11.6 Å². The van der Waals surface area contributed by atoms with Crippen LogP contribution in [-0.2, 0) is 11.3 Å². The van der Waals surface area contributed by atoms with E-state index in [-0.39, 0.29) is 17.6 Å². The van der Waals surface area contributed by atoms with E-state index in [1.54, 1.807) is 30.3 Å². The highest BCUT2D eigenvalue weighted by atomic mass is 35.5. The number of hydrogen-bond donors (Lipinski definition) is 2. The summed E-state index contributed by atoms with van der Waals surface area (Å²) in [7, 11) is 0. The molecule has 166 valence electrons. The van der Waals surface area contributed by atoms with E-state index < -0.39 is 6.04 Å². The van der Waals surface area contributed by atoms with Crippen LogP contribution in [0.4, 0.5) is 5.69 Å². The van der Waals surface area contributed by atoms with E-state index >= 15 is 0 Å². The van der Waals surface area contributed by atoms with E-state index in [2.05, 4.69) is 27.4 Å². The third-order valence-electron chi connectivity index (χ3n) is 4.53. The van der Waals surface area contributed by atoms with Gasteiger partial charge in [-0.05, 0) is 55.8 Å². The molecule has 1 heterocycles. The maximum absolute atomic E-state index is 12.5. The number of benzene rings is 2. The Morgan fingerprint density at radius 1 is 1.22 bits per heavy atom. The van der Waals surface area contributed by atoms with Crippen molar-refractivity contribution in [2.24, 2.45) is 0 Å². The molecule has 0 spiro atoms. The van der Waals surface area contributed by atoms with Crippen molar-refractivity contribution in [3.8, 4) is 0 Å². The fraction of sp³-hybridized carbons (Fsp3) is 0.217. The zero-order valence-electron chi connectivity index (χ0n) is 17.8. The number of carbonyl (C=O) groups is 2. The van der Waals surface area contributed by atoms with Gasteiger partial charge in [0, 0.05) is 22.8 Å². The molecule has 0 bridgehead atoms. The lowest BCUT2D eigenvalue weighted by molar-refractivity contribution is -0.113. The van der Waals surface area contributed by atoms with Crippen LogP contribution in [0.15, 0.2) is 66.3 Å². The van der Waals surface area contributed by atoms with Gasteiger partial charge in [0.25, 0.3) is 5.91 Å². The zero-order chi connectivity index (χ0) is 23.1. The topological polar surface area (TPSA) is 88.9 Å². The molecule has 1 aromatic heterocycles. The van der Waals surface area contributed by atoms with Crippen LogP contribution >= 0.6 is 23.4 Å². The second-order valence-corrected chi connectivity index (χ2v) is 8.53. The van der Waals surface area contributed by atoms with Crippen molar-refractivity contribution in [1.82, 2.24) is 20.1 Å². The lowest BCUT2D eigenvalue weighted by atomic mass is 10.2. The molecule has 2 N–H and O–H groups in total. The molecule has 3 rings (SSSR count). The number of aromatic nitrogens is 3. The van der Waals surface area contributed by atoms with Gasteiger partial charge in [-0.15, -0.1) is 16.8 Å². The first-order valence-electron chi connectivity index (χ1n) is 9.97. The van der Waals surface area contributed by atoms with Gasteiger partial charge in [0.2, 0.25) is 5.91 Å². The first kappa shape index (κ1) is 23.6. The Morgan fingerprint density at radius 3 is 2.66 bits per heavy atom. The molecule has 0 saturated carbocycles. The Balaban J connectivity index is 1.66. The van der Waals surface area contributed by atoms with Gasteiger partial charge in [-0.25, -0.2) is 0 Å². The first-order chi connectivity index (χ1) is 15.4. The number of anilines is 1. The second-order valence-electron chi connectivity index (χ2n) is 7.15. The van der Waals surface area contributed by atoms with Crippen LogP contribution in [0.3, 0.4) is 0 Å². The van der Waals surface area contributed by atoms with E-state index in [0.717, 1.165) is 11.3 Å². The number of aryl methyl sites for hydroxylation is 1. The zero-order valence-corrected chi connectivity index (χ0v) is 19.4. The summed E-state index contributed by atoms with van der Waals surface area (Å²) in [6, 6.07) is 13.9. The quantitative estimate of drug-likeness (QED) is 0.352. The highest BCUT2D eigenvalue weighted by molar-refractivity contribution is 7.99. The lowest BCUT2D eigenvalue weighted by Gasteiger charge is -2.15. The van der Waals surface area contributed by atoms with Crippen LogP contribution in [-0.4, -0.2) is 32.3 Å². The molecule has 3 aromatic rings. The Labute approximate surface area is 196 Å². The lowest BCUT2D eigenvalue weighted by Crippen LogP contribution is -2.28. The summed E-state index contributed by atoms with van der Waals surface area (Å²) in [5.41, 5.74) is 2.32. The van der Waals surface area contributed by atoms with Crippen molar-refractivity contribution in [2.45, 2.75) is 31.6 Å². The predicted molar refractivity (Wildman–Crippen MR) is 128 cm³/mol. The Morgan fingerprint density at radius 2 is 1.97 bits per heavy atom. The van der Waals surface area contributed by atoms with Gasteiger partial charge in [0.05, 0.1) is 11.8 Å². The van der Waals surface area contributed by atoms with Crippen LogP contribution in [0.25, 0.3) is 0 Å². The Kier molecular flexibility index (Phi) is 8.08. The van der Waals surface area contributed by atoms with E-state index in [9.17, 15) is 9.59 Å². The van der Waals surface area contributed by atoms with Crippen molar-refractivity contribution in [3.05, 3.63) is 83.2 Å². The normalized spacial score (nSPS) is 11.6. The summed E-state index contributed by atoms with van der Waals surface area (Å²) < 4.78 is 1.84. The van der Waals surface area contributed by atoms with Gasteiger partial charge < -0.3 is 15.2 Å². The van der Waals surface area contributed by atoms with Crippen LogP contribution < -0.4 is 10.6 Å². The number of carbonyl (C=O) groups excluding carboxylic acids is 2. The molecule has 0 fully saturated rings. The molecule has 0 aliphatic heterocycles. The van der Waals surface area contributed by atoms with Gasteiger partial charge in [-0.3, -0.25) is 9.59 Å². The molecule has 0 saturated heterocycles. The Hall–Kier alpha value is -3.10. The fourth-order valence-electron chi connectivity index (χ4n) is 3.02. The van der Waals surface area contributed by atoms with E-state index in [1.165, 1.54) is 11.8 Å². The van der Waals surface area contributed by atoms with Gasteiger partial charge in [0.1, 0.15) is 0 Å². The summed E-state index contributed by atoms with van der Waals surface area (Å²) in [6.07, 6.45) is 1.72. The standard InChI is InChI=1S/C23H24ClN5O2S/c1-4-12-29-21(16(3)25-22(31)17-8-10-18(24)11-9-17)27-28-23(29)32-14-20(30)26-19-7-5-6-15(2)13-19/h4-11,13,16H,1,12,14H2,2-3H3,(H,25,31)(H,26,30)/t16-/m0/s1. The first-order valence-corrected chi connectivity index (χ1v) is 11.3. The molecule has 1 atom stereocenters. The third-order valence-corrected chi connectivity index (χ3v) is 5.75. The summed E-state index contributed by atoms with van der Waals surface area (Å²) in [5, 5.41) is 15.4. The van der Waals surface area contributed by atoms with Crippen LogP contribution in [0.2, 0.25) is 5.02 Å². The molecule has 9 heteroatoms. The number of halogens is 1. The number of hydrogen-bond acceptors (Lipinski definition) is 5. The minimum atomic E-state index is -0.402. The van der Waals surface area contributed by atoms with Crippen molar-refractivity contribution in [2.75, 3.05) is 11.1 Å². The number of nitrogens with zero attached hydrogens (tertiary/aromatic N) is 3. The molecule has 0 aliphatic rings. The SMILES string of the molecule is C=CCn1c(SCC(=O)Nc2cccc(C)c2)nnc1[C@H](C)NC(=O)c1ccc(Cl)cc1. The average Bonchev–Trinajstić information content (AvgIpc) is 3.15. The number of amides is 2. The molecule has 2 amide bonds. The summed E-state index contributed by atoms with van der Waals surface area (Å²) >= 11 is 7.16. The second kappa shape index (κ2) is 11.0. The maximum atomic E-state index is 12.5. The molecule has 0 radical (unpaired) electrons. The number of rotatable bonds is 9. The fourth-order valence-corrected chi connectivity index (χ4v) is 3.90. The molecule has 7 nitrogen and oxygen atoms in total. The van der Waals surface area contributed by atoms with Gasteiger partial charge in [-0.1, -0.05) is 41.6 Å². The smallest absolute Gasteiger partial charge is 0.251 e. The predicted octanol–water partition coefficient (Wildman–Crippen LogP) is 4.65. The molecule has 32 heavy (non-hydrogen) atoms. The molecule has 0 aliphatic carbocycles. The van der Waals surface area contributed by atoms with Crippen molar-refractivity contribution >= 4 is 40.9 Å². The van der Waals surface area contributed by atoms with Gasteiger partial charge in [-0.2, -0.15) is 0 Å². The van der Waals surface area contributed by atoms with E-state index in [1.807, 2.05) is 42.7 Å². The van der Waals surface area contributed by atoms with Crippen molar-refractivity contribution in [1.29, 1.82) is 0 Å².